The predicted molar refractivity (Wildman–Crippen MR) is 46.6 cm³/mol. The van der Waals surface area contributed by atoms with Gasteiger partial charge in [-0.2, -0.15) is 0 Å². The van der Waals surface area contributed by atoms with E-state index in [1.54, 1.807) is 0 Å². The third-order valence-corrected chi connectivity index (χ3v) is 1.80. The van der Waals surface area contributed by atoms with Crippen LogP contribution < -0.4 is 19.6 Å². The summed E-state index contributed by atoms with van der Waals surface area (Å²) in [7, 11) is -11.4. The van der Waals surface area contributed by atoms with Crippen molar-refractivity contribution < 1.29 is 52.3 Å². The summed E-state index contributed by atoms with van der Waals surface area (Å²) < 4.78 is 21.2. The van der Waals surface area contributed by atoms with Gasteiger partial charge in [-0.15, -0.1) is 0 Å². The van der Waals surface area contributed by atoms with Crippen molar-refractivity contribution in [3.05, 3.63) is 0 Å². The van der Waals surface area contributed by atoms with Crippen LogP contribution in [-0.4, -0.2) is 115 Å². The third kappa shape index (κ3) is 46.7. The van der Waals surface area contributed by atoms with Crippen LogP contribution in [0, 0.1) is 0 Å². The molecule has 0 saturated carbocycles. The van der Waals surface area contributed by atoms with Gasteiger partial charge in [0.15, 0.2) is 0 Å². The van der Waals surface area contributed by atoms with Crippen molar-refractivity contribution in [2.75, 3.05) is 0 Å². The van der Waals surface area contributed by atoms with Crippen molar-refractivity contribution >= 4 is 114 Å². The predicted octanol–water partition coefficient (Wildman–Crippen LogP) is -6.73. The molecule has 0 atom stereocenters. The zero-order chi connectivity index (χ0) is 7.71. The zero-order valence-corrected chi connectivity index (χ0v) is 15.0. The molecule has 0 aliphatic heterocycles. The normalized spacial score (nSPS) is 8.27. The zero-order valence-electron chi connectivity index (χ0n) is 9.37. The largest absolute Gasteiger partial charge is 2.00 e. The van der Waals surface area contributed by atoms with Crippen molar-refractivity contribution in [3.63, 3.8) is 0 Å². The standard InChI is InChI=1S/2Ca.Mg.H4O7P2.3H2O.2H/c;;;1-8(2,3)7-9(4,5)6;;;;;/h;;;(H2,1,2,3)(H2,4,5,6);3*1H2;;/q3*+2;;;;;2*-1/p-4. The van der Waals surface area contributed by atoms with E-state index in [4.69, 9.17) is 0 Å². The number of phosphoric acid groups is 2. The van der Waals surface area contributed by atoms with Crippen LogP contribution >= 0.6 is 15.6 Å². The van der Waals surface area contributed by atoms with Crippen LogP contribution in [-0.2, 0) is 13.4 Å². The van der Waals surface area contributed by atoms with Gasteiger partial charge in [0.05, 0.1) is 15.6 Å². The molecule has 0 aromatic rings. The fraction of sp³-hybridized carbons (Fsp3) is 0. The summed E-state index contributed by atoms with van der Waals surface area (Å²) in [6.45, 7) is 0. The molecule has 0 rings (SSSR count). The molecule has 0 amide bonds. The quantitative estimate of drug-likeness (QED) is 0.349. The Kier molecular flexibility index (Phi) is 49.8. The van der Waals surface area contributed by atoms with Gasteiger partial charge in [0.25, 0.3) is 0 Å². The van der Waals surface area contributed by atoms with Crippen LogP contribution in [0.2, 0.25) is 0 Å². The van der Waals surface area contributed by atoms with Crippen molar-refractivity contribution in [2.45, 2.75) is 0 Å². The Balaban J connectivity index is -0.0000000114. The fourth-order valence-corrected chi connectivity index (χ4v) is 1.10. The second-order valence-corrected chi connectivity index (χ2v) is 3.42. The van der Waals surface area contributed by atoms with E-state index in [0.29, 0.717) is 0 Å². The van der Waals surface area contributed by atoms with Crippen LogP contribution in [0.1, 0.15) is 2.85 Å². The van der Waals surface area contributed by atoms with Crippen molar-refractivity contribution in [1.82, 2.24) is 0 Å². The summed E-state index contributed by atoms with van der Waals surface area (Å²) in [4.78, 5) is 37.3. The van der Waals surface area contributed by atoms with E-state index in [2.05, 4.69) is 4.31 Å². The topological polar surface area (TPSA) is 230 Å². The van der Waals surface area contributed by atoms with Gasteiger partial charge < -0.3 is 52.3 Å². The van der Waals surface area contributed by atoms with Crippen LogP contribution in [0.5, 0.6) is 0 Å². The average molecular weight is 334 g/mol. The summed E-state index contributed by atoms with van der Waals surface area (Å²) in [5.74, 6) is 0. The molecule has 0 aliphatic rings. The summed E-state index contributed by atoms with van der Waals surface area (Å²) in [6, 6.07) is 0. The van der Waals surface area contributed by atoms with Crippen LogP contribution in [0.25, 0.3) is 0 Å². The molecule has 6 N–H and O–H groups in total. The van der Waals surface area contributed by atoms with E-state index in [9.17, 15) is 28.7 Å². The molecule has 0 spiro atoms. The summed E-state index contributed by atoms with van der Waals surface area (Å²) in [6.07, 6.45) is 0. The van der Waals surface area contributed by atoms with E-state index in [1.807, 2.05) is 0 Å². The third-order valence-electron chi connectivity index (χ3n) is 0.200. The minimum Gasteiger partial charge on any atom is -1.00 e. The Morgan fingerprint density at radius 1 is 0.800 bits per heavy atom. The van der Waals surface area contributed by atoms with Crippen molar-refractivity contribution in [2.24, 2.45) is 0 Å². The van der Waals surface area contributed by atoms with Gasteiger partial charge in [0, 0.05) is 0 Å². The second kappa shape index (κ2) is 17.4. The molecule has 84 valence electrons. The Bertz CT molecular complexity index is 171. The van der Waals surface area contributed by atoms with Gasteiger partial charge in [-0.1, -0.05) is 0 Å². The van der Waals surface area contributed by atoms with Crippen LogP contribution in [0.4, 0.5) is 0 Å². The molecule has 0 unspecified atom stereocenters. The van der Waals surface area contributed by atoms with Gasteiger partial charge in [-0.3, -0.25) is 0 Å². The molecular weight excluding hydrogens is 326 g/mol. The molecule has 10 nitrogen and oxygen atoms in total. The van der Waals surface area contributed by atoms with Crippen molar-refractivity contribution in [3.8, 4) is 0 Å². The van der Waals surface area contributed by atoms with Gasteiger partial charge in [-0.25, -0.2) is 0 Å². The molecule has 0 fully saturated rings. The van der Waals surface area contributed by atoms with Gasteiger partial charge >= 0.3 is 98.5 Å². The summed E-state index contributed by atoms with van der Waals surface area (Å²) in [5, 5.41) is 0. The van der Waals surface area contributed by atoms with Gasteiger partial charge in [0.2, 0.25) is 0 Å². The van der Waals surface area contributed by atoms with E-state index in [1.165, 1.54) is 0 Å². The average Bonchev–Trinajstić information content (AvgIpc) is 1.14. The van der Waals surface area contributed by atoms with E-state index in [-0.39, 0.29) is 118 Å². The first-order valence-electron chi connectivity index (χ1n) is 1.46. The molecule has 15 heavy (non-hydrogen) atoms. The summed E-state index contributed by atoms with van der Waals surface area (Å²) in [5.41, 5.74) is 0. The molecule has 0 aromatic heterocycles. The van der Waals surface area contributed by atoms with E-state index >= 15 is 0 Å². The Morgan fingerprint density at radius 2 is 0.933 bits per heavy atom. The van der Waals surface area contributed by atoms with E-state index < -0.39 is 15.6 Å². The van der Waals surface area contributed by atoms with Gasteiger partial charge in [0.1, 0.15) is 0 Å². The first-order valence-corrected chi connectivity index (χ1v) is 4.38. The van der Waals surface area contributed by atoms with Gasteiger partial charge in [-0.05, 0) is 0 Å². The first-order chi connectivity index (χ1) is 3.71. The maximum atomic E-state index is 9.32. The molecule has 0 heterocycles. The van der Waals surface area contributed by atoms with Crippen LogP contribution in [0.3, 0.4) is 0 Å². The molecule has 0 saturated heterocycles. The minimum absolute atomic E-state index is 0. The minimum atomic E-state index is -5.68. The molecule has 0 radical (unpaired) electrons. The SMILES string of the molecule is O.O.O.O=P([O-])([O-])OP(=O)([O-])[O-].[Ca+2].[Ca+2].[H-].[H-].[Mg+2]. The monoisotopic (exact) mass is 334 g/mol. The molecule has 0 aromatic carbocycles. The van der Waals surface area contributed by atoms with Crippen LogP contribution in [0.15, 0.2) is 0 Å². The molecular formula is H8Ca2MgO10P2. The Hall–Kier alpha value is 3.43. The Morgan fingerprint density at radius 3 is 0.933 bits per heavy atom. The molecule has 0 bridgehead atoms. The molecule has 0 aliphatic carbocycles. The van der Waals surface area contributed by atoms with E-state index in [0.717, 1.165) is 0 Å². The smallest absolute Gasteiger partial charge is 1.00 e. The maximum Gasteiger partial charge on any atom is 2.00 e. The second-order valence-electron chi connectivity index (χ2n) is 0.976. The number of hydrogen-bond acceptors (Lipinski definition) is 7. The Labute approximate surface area is 164 Å². The fourth-order valence-electron chi connectivity index (χ4n) is 0.122. The number of hydrogen-bond donors (Lipinski definition) is 0. The van der Waals surface area contributed by atoms with Crippen molar-refractivity contribution in [1.29, 1.82) is 0 Å². The first kappa shape index (κ1) is 42.9. The number of rotatable bonds is 2. The maximum absolute atomic E-state index is 9.32. The molecule has 15 heteroatoms. The summed E-state index contributed by atoms with van der Waals surface area (Å²) >= 11 is 0.